The third kappa shape index (κ3) is 0.854. The van der Waals surface area contributed by atoms with Crippen molar-refractivity contribution >= 4 is 5.82 Å². The molecule has 0 aliphatic carbocycles. The molecule has 1 aromatic rings. The molecular formula is C5H9N3O2. The lowest BCUT2D eigenvalue weighted by atomic mass is 10.8. The summed E-state index contributed by atoms with van der Waals surface area (Å²) < 4.78 is 5.65. The first-order valence-corrected chi connectivity index (χ1v) is 2.80. The quantitative estimate of drug-likeness (QED) is 0.539. The van der Waals surface area contributed by atoms with Gasteiger partial charge in [0.2, 0.25) is 0 Å². The highest BCUT2D eigenvalue weighted by Crippen LogP contribution is 1.98. The summed E-state index contributed by atoms with van der Waals surface area (Å²) in [6.45, 7) is 0. The summed E-state index contributed by atoms with van der Waals surface area (Å²) in [5, 5.41) is 11.8. The SMILES string of the molecule is CN=c1occ(NC)n1O. The standard InChI is InChI=1S/C5H9N3O2/c1-6-4-3-10-5(7-2)8(4)9/h3,6,9H,1-2H3. The van der Waals surface area contributed by atoms with E-state index < -0.39 is 0 Å². The highest BCUT2D eigenvalue weighted by Gasteiger charge is 1.99. The summed E-state index contributed by atoms with van der Waals surface area (Å²) >= 11 is 0. The smallest absolute Gasteiger partial charge is 0.332 e. The van der Waals surface area contributed by atoms with Gasteiger partial charge < -0.3 is 14.9 Å². The number of oxazole rings is 1. The average molecular weight is 143 g/mol. The minimum absolute atomic E-state index is 0.171. The molecule has 56 valence electrons. The van der Waals surface area contributed by atoms with Gasteiger partial charge >= 0.3 is 5.68 Å². The fourth-order valence-corrected chi connectivity index (χ4v) is 0.624. The minimum atomic E-state index is 0.171. The first-order chi connectivity index (χ1) is 4.79. The summed E-state index contributed by atoms with van der Waals surface area (Å²) in [6.07, 6.45) is 1.38. The lowest BCUT2D eigenvalue weighted by molar-refractivity contribution is 0.161. The van der Waals surface area contributed by atoms with Gasteiger partial charge in [-0.3, -0.25) is 0 Å². The highest BCUT2D eigenvalue weighted by molar-refractivity contribution is 5.28. The van der Waals surface area contributed by atoms with Gasteiger partial charge in [-0.25, -0.2) is 4.99 Å². The Morgan fingerprint density at radius 1 is 1.80 bits per heavy atom. The van der Waals surface area contributed by atoms with Crippen LogP contribution in [0, 0.1) is 0 Å². The lowest BCUT2D eigenvalue weighted by Crippen LogP contribution is -2.14. The van der Waals surface area contributed by atoms with Crippen molar-refractivity contribution in [2.24, 2.45) is 4.99 Å². The van der Waals surface area contributed by atoms with Gasteiger partial charge in [-0.15, -0.1) is 4.73 Å². The Bertz CT molecular complexity index is 273. The molecule has 2 N–H and O–H groups in total. The van der Waals surface area contributed by atoms with Crippen LogP contribution in [-0.2, 0) is 0 Å². The number of aromatic nitrogens is 1. The number of hydrogen-bond donors (Lipinski definition) is 2. The summed E-state index contributed by atoms with van der Waals surface area (Å²) in [5.74, 6) is 0.473. The fraction of sp³-hybridized carbons (Fsp3) is 0.400. The van der Waals surface area contributed by atoms with Gasteiger partial charge in [-0.05, 0) is 0 Å². The van der Waals surface area contributed by atoms with E-state index in [2.05, 4.69) is 10.3 Å². The first kappa shape index (κ1) is 6.73. The molecule has 0 aliphatic rings. The largest absolute Gasteiger partial charge is 0.428 e. The molecule has 0 fully saturated rings. The van der Waals surface area contributed by atoms with E-state index in [0.717, 1.165) is 4.73 Å². The van der Waals surface area contributed by atoms with Crippen LogP contribution in [0.3, 0.4) is 0 Å². The van der Waals surface area contributed by atoms with Crippen molar-refractivity contribution in [3.63, 3.8) is 0 Å². The number of rotatable bonds is 1. The van der Waals surface area contributed by atoms with E-state index in [1.54, 1.807) is 7.05 Å². The number of anilines is 1. The molecule has 0 unspecified atom stereocenters. The van der Waals surface area contributed by atoms with Crippen LogP contribution in [0.25, 0.3) is 0 Å². The molecule has 5 nitrogen and oxygen atoms in total. The van der Waals surface area contributed by atoms with Crippen molar-refractivity contribution < 1.29 is 9.62 Å². The number of hydrogen-bond acceptors (Lipinski definition) is 4. The second-order valence-electron chi connectivity index (χ2n) is 1.69. The first-order valence-electron chi connectivity index (χ1n) is 2.80. The van der Waals surface area contributed by atoms with Crippen molar-refractivity contribution in [2.75, 3.05) is 19.4 Å². The molecule has 0 aromatic carbocycles. The number of nitrogens with one attached hydrogen (secondary N) is 1. The average Bonchev–Trinajstić information content (AvgIpc) is 2.30. The second-order valence-corrected chi connectivity index (χ2v) is 1.69. The molecule has 0 amide bonds. The van der Waals surface area contributed by atoms with E-state index in [1.165, 1.54) is 13.3 Å². The van der Waals surface area contributed by atoms with Gasteiger partial charge in [0.25, 0.3) is 0 Å². The molecule has 0 bridgehead atoms. The highest BCUT2D eigenvalue weighted by atomic mass is 16.5. The predicted octanol–water partition coefficient (Wildman–Crippen LogP) is -0.109. The lowest BCUT2D eigenvalue weighted by Gasteiger charge is -1.93. The molecular weight excluding hydrogens is 134 g/mol. The van der Waals surface area contributed by atoms with Crippen LogP contribution in [0.15, 0.2) is 15.7 Å². The van der Waals surface area contributed by atoms with E-state index in [0.29, 0.717) is 5.82 Å². The number of nitrogens with zero attached hydrogens (tertiary/aromatic N) is 2. The fourth-order valence-electron chi connectivity index (χ4n) is 0.624. The van der Waals surface area contributed by atoms with Gasteiger partial charge in [0.1, 0.15) is 6.26 Å². The topological polar surface area (TPSA) is 62.7 Å². The van der Waals surface area contributed by atoms with Gasteiger partial charge in [0.15, 0.2) is 5.82 Å². The maximum atomic E-state index is 9.10. The molecule has 0 saturated heterocycles. The zero-order valence-corrected chi connectivity index (χ0v) is 5.83. The molecule has 0 atom stereocenters. The van der Waals surface area contributed by atoms with Crippen molar-refractivity contribution in [3.05, 3.63) is 11.9 Å². The molecule has 5 heteroatoms. The molecule has 1 rings (SSSR count). The Labute approximate surface area is 57.6 Å². The summed E-state index contributed by atoms with van der Waals surface area (Å²) in [4.78, 5) is 3.64. The van der Waals surface area contributed by atoms with Crippen LogP contribution in [0.2, 0.25) is 0 Å². The van der Waals surface area contributed by atoms with Gasteiger partial charge in [-0.1, -0.05) is 0 Å². The zero-order valence-electron chi connectivity index (χ0n) is 5.83. The van der Waals surface area contributed by atoms with E-state index in [1.807, 2.05) is 0 Å². The third-order valence-corrected chi connectivity index (χ3v) is 1.13. The Hall–Kier alpha value is -1.39. The van der Waals surface area contributed by atoms with Crippen LogP contribution in [0.4, 0.5) is 5.82 Å². The van der Waals surface area contributed by atoms with Crippen molar-refractivity contribution in [1.29, 1.82) is 0 Å². The van der Waals surface area contributed by atoms with Gasteiger partial charge in [-0.2, -0.15) is 0 Å². The molecule has 0 radical (unpaired) electrons. The molecule has 1 aromatic heterocycles. The summed E-state index contributed by atoms with van der Waals surface area (Å²) in [6, 6.07) is 0. The van der Waals surface area contributed by atoms with Crippen molar-refractivity contribution in [2.45, 2.75) is 0 Å². The van der Waals surface area contributed by atoms with E-state index in [9.17, 15) is 0 Å². The Balaban J connectivity index is 3.22. The van der Waals surface area contributed by atoms with Crippen molar-refractivity contribution in [1.82, 2.24) is 4.73 Å². The molecule has 1 heterocycles. The molecule has 10 heavy (non-hydrogen) atoms. The maximum Gasteiger partial charge on any atom is 0.332 e. The van der Waals surface area contributed by atoms with E-state index >= 15 is 0 Å². The van der Waals surface area contributed by atoms with E-state index in [-0.39, 0.29) is 5.68 Å². The van der Waals surface area contributed by atoms with Crippen LogP contribution in [0.5, 0.6) is 0 Å². The van der Waals surface area contributed by atoms with Crippen molar-refractivity contribution in [3.8, 4) is 0 Å². The van der Waals surface area contributed by atoms with Crippen LogP contribution < -0.4 is 11.0 Å². The second kappa shape index (κ2) is 2.47. The Kier molecular flexibility index (Phi) is 1.66. The maximum absolute atomic E-state index is 9.10. The third-order valence-electron chi connectivity index (χ3n) is 1.13. The normalized spacial score (nSPS) is 12.0. The van der Waals surface area contributed by atoms with Crippen LogP contribution in [-0.4, -0.2) is 24.0 Å². The summed E-state index contributed by atoms with van der Waals surface area (Å²) in [7, 11) is 3.21. The molecule has 0 aliphatic heterocycles. The van der Waals surface area contributed by atoms with Gasteiger partial charge in [0, 0.05) is 14.1 Å². The predicted molar refractivity (Wildman–Crippen MR) is 34.9 cm³/mol. The van der Waals surface area contributed by atoms with Crippen LogP contribution >= 0.6 is 0 Å². The minimum Gasteiger partial charge on any atom is -0.428 e. The zero-order chi connectivity index (χ0) is 7.56. The monoisotopic (exact) mass is 143 g/mol. The van der Waals surface area contributed by atoms with E-state index in [4.69, 9.17) is 9.62 Å². The van der Waals surface area contributed by atoms with Crippen LogP contribution in [0.1, 0.15) is 0 Å². The summed E-state index contributed by atoms with van der Waals surface area (Å²) in [5.41, 5.74) is 0.171. The molecule has 0 spiro atoms. The Morgan fingerprint density at radius 3 is 2.80 bits per heavy atom. The van der Waals surface area contributed by atoms with Gasteiger partial charge in [0.05, 0.1) is 0 Å². The molecule has 0 saturated carbocycles. The Morgan fingerprint density at radius 2 is 2.50 bits per heavy atom.